The number of nitrogens with zero attached hydrogens (tertiary/aromatic N) is 2. The van der Waals surface area contributed by atoms with Crippen molar-refractivity contribution < 1.29 is 23.1 Å². The van der Waals surface area contributed by atoms with Gasteiger partial charge in [0, 0.05) is 25.2 Å². The van der Waals surface area contributed by atoms with Crippen molar-refractivity contribution in [3.8, 4) is 0 Å². The van der Waals surface area contributed by atoms with E-state index in [1.807, 2.05) is 13.8 Å². The Kier molecular flexibility index (Phi) is 6.77. The molecule has 0 radical (unpaired) electrons. The van der Waals surface area contributed by atoms with E-state index >= 15 is 0 Å². The van der Waals surface area contributed by atoms with Crippen LogP contribution in [-0.2, 0) is 14.8 Å². The van der Waals surface area contributed by atoms with E-state index in [4.69, 9.17) is 0 Å². The van der Waals surface area contributed by atoms with Crippen LogP contribution in [0, 0.1) is 0 Å². The number of carboxylic acid groups (broad SMARTS) is 1. The number of aliphatic carboxylic acids is 1. The first kappa shape index (κ1) is 20.4. The van der Waals surface area contributed by atoms with Crippen molar-refractivity contribution in [3.63, 3.8) is 0 Å². The topological polar surface area (TPSA) is 95.0 Å². The van der Waals surface area contributed by atoms with Crippen LogP contribution in [0.4, 0.5) is 0 Å². The van der Waals surface area contributed by atoms with Crippen molar-refractivity contribution in [2.75, 3.05) is 19.6 Å². The van der Waals surface area contributed by atoms with Crippen LogP contribution in [0.5, 0.6) is 0 Å². The summed E-state index contributed by atoms with van der Waals surface area (Å²) in [5.74, 6) is -1.39. The summed E-state index contributed by atoms with van der Waals surface area (Å²) >= 11 is 0. The number of amides is 1. The largest absolute Gasteiger partial charge is 0.480 e. The molecule has 8 heteroatoms. The van der Waals surface area contributed by atoms with Gasteiger partial charge in [0.2, 0.25) is 10.0 Å². The van der Waals surface area contributed by atoms with Gasteiger partial charge in [-0.2, -0.15) is 4.31 Å². The summed E-state index contributed by atoms with van der Waals surface area (Å²) in [6.45, 7) is 5.15. The fourth-order valence-electron chi connectivity index (χ4n) is 3.20. The van der Waals surface area contributed by atoms with Crippen LogP contribution >= 0.6 is 0 Å². The Morgan fingerprint density at radius 3 is 2.23 bits per heavy atom. The van der Waals surface area contributed by atoms with E-state index in [2.05, 4.69) is 0 Å². The van der Waals surface area contributed by atoms with Gasteiger partial charge in [-0.25, -0.2) is 13.2 Å². The average Bonchev–Trinajstić information content (AvgIpc) is 3.11. The zero-order valence-corrected chi connectivity index (χ0v) is 16.0. The number of carbonyl (C=O) groups excluding carboxylic acids is 1. The quantitative estimate of drug-likeness (QED) is 0.744. The van der Waals surface area contributed by atoms with Crippen LogP contribution in [0.3, 0.4) is 0 Å². The van der Waals surface area contributed by atoms with Gasteiger partial charge in [-0.3, -0.25) is 4.79 Å². The van der Waals surface area contributed by atoms with Crippen molar-refractivity contribution >= 4 is 21.9 Å². The summed E-state index contributed by atoms with van der Waals surface area (Å²) in [7, 11) is -3.60. The second-order valence-corrected chi connectivity index (χ2v) is 8.36. The summed E-state index contributed by atoms with van der Waals surface area (Å²) in [6.07, 6.45) is 2.54. The monoisotopic (exact) mass is 382 g/mol. The highest BCUT2D eigenvalue weighted by atomic mass is 32.2. The molecule has 1 saturated heterocycles. The Labute approximate surface area is 154 Å². The van der Waals surface area contributed by atoms with Gasteiger partial charge < -0.3 is 10.0 Å². The number of hydrogen-bond acceptors (Lipinski definition) is 4. The minimum absolute atomic E-state index is 0.146. The van der Waals surface area contributed by atoms with Gasteiger partial charge in [-0.1, -0.05) is 13.8 Å². The second-order valence-electron chi connectivity index (χ2n) is 6.42. The maximum Gasteiger partial charge on any atom is 0.326 e. The van der Waals surface area contributed by atoms with Gasteiger partial charge in [0.1, 0.15) is 6.04 Å². The van der Waals surface area contributed by atoms with Crippen LogP contribution in [0.15, 0.2) is 29.2 Å². The van der Waals surface area contributed by atoms with Gasteiger partial charge in [-0.05, 0) is 49.9 Å². The molecule has 0 spiro atoms. The summed E-state index contributed by atoms with van der Waals surface area (Å²) in [6, 6.07) is 4.96. The molecule has 1 aliphatic heterocycles. The first-order valence-corrected chi connectivity index (χ1v) is 10.4. The zero-order valence-electron chi connectivity index (χ0n) is 15.2. The highest BCUT2D eigenvalue weighted by Crippen LogP contribution is 2.22. The summed E-state index contributed by atoms with van der Waals surface area (Å²) in [5.41, 5.74) is 0.301. The zero-order chi connectivity index (χ0) is 19.3. The SMILES string of the molecule is CCCN(CCC)S(=O)(=O)c1ccc(C(=O)N2CCC[C@@H]2C(=O)O)cc1. The molecule has 2 rings (SSSR count). The lowest BCUT2D eigenvalue weighted by molar-refractivity contribution is -0.141. The Morgan fingerprint density at radius 2 is 1.73 bits per heavy atom. The van der Waals surface area contributed by atoms with E-state index in [-0.39, 0.29) is 10.8 Å². The Hall–Kier alpha value is -1.93. The molecule has 1 aromatic rings. The lowest BCUT2D eigenvalue weighted by Gasteiger charge is -2.22. The fourth-order valence-corrected chi connectivity index (χ4v) is 4.83. The van der Waals surface area contributed by atoms with Crippen LogP contribution in [0.2, 0.25) is 0 Å². The van der Waals surface area contributed by atoms with E-state index in [0.29, 0.717) is 38.0 Å². The molecule has 0 aliphatic carbocycles. The Morgan fingerprint density at radius 1 is 1.15 bits per heavy atom. The fraction of sp³-hybridized carbons (Fsp3) is 0.556. The molecule has 0 aromatic heterocycles. The molecule has 1 amide bonds. The molecule has 1 N–H and O–H groups in total. The van der Waals surface area contributed by atoms with E-state index < -0.39 is 22.0 Å². The highest BCUT2D eigenvalue weighted by molar-refractivity contribution is 7.89. The van der Waals surface area contributed by atoms with Gasteiger partial charge in [0.25, 0.3) is 5.91 Å². The molecular formula is C18H26N2O5S. The van der Waals surface area contributed by atoms with Gasteiger partial charge in [-0.15, -0.1) is 0 Å². The number of benzene rings is 1. The standard InChI is InChI=1S/C18H26N2O5S/c1-3-11-19(12-4-2)26(24,25)15-9-7-14(8-10-15)17(21)20-13-5-6-16(20)18(22)23/h7-10,16H,3-6,11-13H2,1-2H3,(H,22,23)/t16-/m1/s1. The molecule has 0 saturated carbocycles. The van der Waals surface area contributed by atoms with Crippen molar-refractivity contribution in [3.05, 3.63) is 29.8 Å². The summed E-state index contributed by atoms with van der Waals surface area (Å²) in [4.78, 5) is 25.3. The number of sulfonamides is 1. The lowest BCUT2D eigenvalue weighted by Crippen LogP contribution is -2.40. The number of likely N-dealkylation sites (tertiary alicyclic amines) is 1. The van der Waals surface area contributed by atoms with Gasteiger partial charge in [0.05, 0.1) is 4.90 Å². The summed E-state index contributed by atoms with van der Waals surface area (Å²) in [5, 5.41) is 9.21. The van der Waals surface area contributed by atoms with E-state index in [1.165, 1.54) is 33.5 Å². The molecule has 1 atom stereocenters. The molecule has 7 nitrogen and oxygen atoms in total. The molecule has 1 aliphatic rings. The smallest absolute Gasteiger partial charge is 0.326 e. The molecule has 26 heavy (non-hydrogen) atoms. The highest BCUT2D eigenvalue weighted by Gasteiger charge is 2.34. The van der Waals surface area contributed by atoms with Gasteiger partial charge in [0.15, 0.2) is 0 Å². The van der Waals surface area contributed by atoms with E-state index in [0.717, 1.165) is 12.8 Å². The normalized spacial score (nSPS) is 17.7. The third-order valence-electron chi connectivity index (χ3n) is 4.48. The number of rotatable bonds is 8. The Balaban J connectivity index is 2.22. The van der Waals surface area contributed by atoms with Crippen LogP contribution in [0.1, 0.15) is 49.9 Å². The minimum Gasteiger partial charge on any atom is -0.480 e. The molecule has 144 valence electrons. The predicted octanol–water partition coefficient (Wildman–Crippen LogP) is 2.19. The minimum atomic E-state index is -3.60. The first-order chi connectivity index (χ1) is 12.3. The van der Waals surface area contributed by atoms with Crippen LogP contribution in [0.25, 0.3) is 0 Å². The van der Waals surface area contributed by atoms with Crippen molar-refractivity contribution in [2.24, 2.45) is 0 Å². The number of carbonyl (C=O) groups is 2. The lowest BCUT2D eigenvalue weighted by atomic mass is 10.1. The number of carboxylic acids is 1. The third kappa shape index (κ3) is 4.24. The Bertz CT molecular complexity index is 739. The second kappa shape index (κ2) is 8.64. The maximum absolute atomic E-state index is 12.7. The predicted molar refractivity (Wildman–Crippen MR) is 97.5 cm³/mol. The van der Waals surface area contributed by atoms with Crippen molar-refractivity contribution in [2.45, 2.75) is 50.5 Å². The average molecular weight is 382 g/mol. The molecule has 1 heterocycles. The van der Waals surface area contributed by atoms with E-state index in [1.54, 1.807) is 0 Å². The molecule has 1 fully saturated rings. The molecule has 0 unspecified atom stereocenters. The molecule has 0 bridgehead atoms. The van der Waals surface area contributed by atoms with Gasteiger partial charge >= 0.3 is 5.97 Å². The molecular weight excluding hydrogens is 356 g/mol. The summed E-state index contributed by atoms with van der Waals surface area (Å²) < 4.78 is 26.9. The molecule has 1 aromatic carbocycles. The maximum atomic E-state index is 12.7. The number of hydrogen-bond donors (Lipinski definition) is 1. The van der Waals surface area contributed by atoms with Crippen molar-refractivity contribution in [1.29, 1.82) is 0 Å². The van der Waals surface area contributed by atoms with Crippen LogP contribution < -0.4 is 0 Å². The van der Waals surface area contributed by atoms with Crippen LogP contribution in [-0.4, -0.2) is 60.3 Å². The first-order valence-electron chi connectivity index (χ1n) is 8.96. The van der Waals surface area contributed by atoms with Crippen molar-refractivity contribution in [1.82, 2.24) is 9.21 Å². The third-order valence-corrected chi connectivity index (χ3v) is 6.40. The van der Waals surface area contributed by atoms with E-state index in [9.17, 15) is 23.1 Å².